The molecule has 100 valence electrons. The molecule has 3 heteroatoms. The Labute approximate surface area is 118 Å². The first-order chi connectivity index (χ1) is 9.26. The van der Waals surface area contributed by atoms with E-state index >= 15 is 0 Å². The van der Waals surface area contributed by atoms with Crippen molar-refractivity contribution in [1.29, 1.82) is 0 Å². The third-order valence-corrected chi connectivity index (χ3v) is 4.95. The molecule has 0 fully saturated rings. The molecule has 3 rings (SSSR count). The van der Waals surface area contributed by atoms with Crippen LogP contribution in [0.4, 0.5) is 0 Å². The Morgan fingerprint density at radius 3 is 3.00 bits per heavy atom. The summed E-state index contributed by atoms with van der Waals surface area (Å²) in [4.78, 5) is 4.12. The van der Waals surface area contributed by atoms with Crippen molar-refractivity contribution in [3.63, 3.8) is 0 Å². The highest BCUT2D eigenvalue weighted by Crippen LogP contribution is 2.25. The second kappa shape index (κ2) is 5.45. The predicted octanol–water partition coefficient (Wildman–Crippen LogP) is 3.07. The average Bonchev–Trinajstić information content (AvgIpc) is 2.88. The standard InChI is InChI=1S/C16H20N2S/c1-12-8-13(9-17)2-3-14(12)10-18-6-4-16-15(11-18)5-7-19-16/h2-3,5,7-8H,4,6,9-11,17H2,1H3. The molecule has 0 unspecified atom stereocenters. The lowest BCUT2D eigenvalue weighted by atomic mass is 10.0. The van der Waals surface area contributed by atoms with Crippen LogP contribution in [0, 0.1) is 6.92 Å². The van der Waals surface area contributed by atoms with Crippen LogP contribution in [0.1, 0.15) is 27.1 Å². The predicted molar refractivity (Wildman–Crippen MR) is 81.2 cm³/mol. The lowest BCUT2D eigenvalue weighted by Gasteiger charge is -2.27. The fraction of sp³-hybridized carbons (Fsp3) is 0.375. The van der Waals surface area contributed by atoms with Gasteiger partial charge in [-0.3, -0.25) is 4.90 Å². The zero-order valence-electron chi connectivity index (χ0n) is 11.4. The van der Waals surface area contributed by atoms with Gasteiger partial charge in [-0.05, 0) is 47.0 Å². The van der Waals surface area contributed by atoms with Crippen molar-refractivity contribution < 1.29 is 0 Å². The van der Waals surface area contributed by atoms with Gasteiger partial charge in [0.15, 0.2) is 0 Å². The second-order valence-electron chi connectivity index (χ2n) is 5.29. The average molecular weight is 272 g/mol. The van der Waals surface area contributed by atoms with E-state index in [1.807, 2.05) is 11.3 Å². The molecular weight excluding hydrogens is 252 g/mol. The van der Waals surface area contributed by atoms with E-state index in [2.05, 4.69) is 41.5 Å². The van der Waals surface area contributed by atoms with Gasteiger partial charge in [0, 0.05) is 31.1 Å². The van der Waals surface area contributed by atoms with Crippen molar-refractivity contribution in [3.8, 4) is 0 Å². The molecule has 0 radical (unpaired) electrons. The summed E-state index contributed by atoms with van der Waals surface area (Å²) in [6.45, 7) is 6.13. The van der Waals surface area contributed by atoms with Gasteiger partial charge < -0.3 is 5.73 Å². The molecule has 0 spiro atoms. The molecule has 0 saturated carbocycles. The van der Waals surface area contributed by atoms with Crippen molar-refractivity contribution in [1.82, 2.24) is 4.90 Å². The highest BCUT2D eigenvalue weighted by atomic mass is 32.1. The van der Waals surface area contributed by atoms with Crippen molar-refractivity contribution in [2.75, 3.05) is 6.54 Å². The molecule has 2 aromatic rings. The third-order valence-electron chi connectivity index (χ3n) is 3.92. The van der Waals surface area contributed by atoms with Crippen LogP contribution in [0.5, 0.6) is 0 Å². The fourth-order valence-corrected chi connectivity index (χ4v) is 3.63. The molecule has 2 nitrogen and oxygen atoms in total. The number of rotatable bonds is 3. The zero-order chi connectivity index (χ0) is 13.2. The number of hydrogen-bond acceptors (Lipinski definition) is 3. The van der Waals surface area contributed by atoms with Gasteiger partial charge in [0.25, 0.3) is 0 Å². The van der Waals surface area contributed by atoms with Gasteiger partial charge in [-0.1, -0.05) is 18.2 Å². The second-order valence-corrected chi connectivity index (χ2v) is 6.30. The van der Waals surface area contributed by atoms with E-state index in [4.69, 9.17) is 5.73 Å². The molecular formula is C16H20N2S. The van der Waals surface area contributed by atoms with Crippen molar-refractivity contribution in [2.45, 2.75) is 33.0 Å². The summed E-state index contributed by atoms with van der Waals surface area (Å²) in [6, 6.07) is 8.88. The molecule has 1 aromatic heterocycles. The molecule has 0 aliphatic carbocycles. The molecule has 0 amide bonds. The Kier molecular flexibility index (Phi) is 3.69. The number of benzene rings is 1. The van der Waals surface area contributed by atoms with Gasteiger partial charge in [0.2, 0.25) is 0 Å². The summed E-state index contributed by atoms with van der Waals surface area (Å²) in [5.74, 6) is 0. The van der Waals surface area contributed by atoms with E-state index in [1.165, 1.54) is 35.2 Å². The zero-order valence-corrected chi connectivity index (χ0v) is 12.2. The topological polar surface area (TPSA) is 29.3 Å². The Hall–Kier alpha value is -1.16. The van der Waals surface area contributed by atoms with Gasteiger partial charge in [-0.15, -0.1) is 11.3 Å². The van der Waals surface area contributed by atoms with Crippen molar-refractivity contribution in [3.05, 3.63) is 56.8 Å². The summed E-state index contributed by atoms with van der Waals surface area (Å²) in [5.41, 5.74) is 11.2. The van der Waals surface area contributed by atoms with Crippen LogP contribution in [0.25, 0.3) is 0 Å². The van der Waals surface area contributed by atoms with Crippen LogP contribution in [-0.2, 0) is 26.1 Å². The number of nitrogens with zero attached hydrogens (tertiary/aromatic N) is 1. The maximum Gasteiger partial charge on any atom is 0.0248 e. The highest BCUT2D eigenvalue weighted by molar-refractivity contribution is 7.10. The van der Waals surface area contributed by atoms with Crippen LogP contribution in [0.3, 0.4) is 0 Å². The quantitative estimate of drug-likeness (QED) is 0.930. The summed E-state index contributed by atoms with van der Waals surface area (Å²) >= 11 is 1.90. The minimum Gasteiger partial charge on any atom is -0.326 e. The Morgan fingerprint density at radius 2 is 2.21 bits per heavy atom. The maximum atomic E-state index is 5.69. The number of nitrogens with two attached hydrogens (primary N) is 1. The molecule has 1 aliphatic rings. The Bertz CT molecular complexity index is 574. The van der Waals surface area contributed by atoms with E-state index in [9.17, 15) is 0 Å². The lowest BCUT2D eigenvalue weighted by molar-refractivity contribution is 0.247. The van der Waals surface area contributed by atoms with E-state index < -0.39 is 0 Å². The lowest BCUT2D eigenvalue weighted by Crippen LogP contribution is -2.29. The monoisotopic (exact) mass is 272 g/mol. The molecule has 0 saturated heterocycles. The van der Waals surface area contributed by atoms with Crippen LogP contribution < -0.4 is 5.73 Å². The highest BCUT2D eigenvalue weighted by Gasteiger charge is 2.17. The molecule has 1 aromatic carbocycles. The molecule has 2 N–H and O–H groups in total. The number of fused-ring (bicyclic) bond motifs is 1. The van der Waals surface area contributed by atoms with Crippen LogP contribution in [0.15, 0.2) is 29.6 Å². The van der Waals surface area contributed by atoms with E-state index in [-0.39, 0.29) is 0 Å². The number of aryl methyl sites for hydroxylation is 1. The first-order valence-electron chi connectivity index (χ1n) is 6.82. The van der Waals surface area contributed by atoms with Crippen LogP contribution >= 0.6 is 11.3 Å². The minimum absolute atomic E-state index is 0.628. The molecule has 1 aliphatic heterocycles. The van der Waals surface area contributed by atoms with Crippen LogP contribution in [0.2, 0.25) is 0 Å². The molecule has 0 bridgehead atoms. The molecule has 0 atom stereocenters. The van der Waals surface area contributed by atoms with Crippen molar-refractivity contribution in [2.24, 2.45) is 5.73 Å². The third kappa shape index (κ3) is 2.73. The van der Waals surface area contributed by atoms with Gasteiger partial charge in [-0.25, -0.2) is 0 Å². The molecule has 19 heavy (non-hydrogen) atoms. The number of hydrogen-bond donors (Lipinski definition) is 1. The normalized spacial score (nSPS) is 15.5. The maximum absolute atomic E-state index is 5.69. The smallest absolute Gasteiger partial charge is 0.0248 e. The summed E-state index contributed by atoms with van der Waals surface area (Å²) in [7, 11) is 0. The first kappa shape index (κ1) is 12.9. The van der Waals surface area contributed by atoms with Gasteiger partial charge >= 0.3 is 0 Å². The van der Waals surface area contributed by atoms with E-state index in [1.54, 1.807) is 4.88 Å². The van der Waals surface area contributed by atoms with Gasteiger partial charge in [0.05, 0.1) is 0 Å². The van der Waals surface area contributed by atoms with Crippen molar-refractivity contribution >= 4 is 11.3 Å². The first-order valence-corrected chi connectivity index (χ1v) is 7.70. The van der Waals surface area contributed by atoms with Crippen LogP contribution in [-0.4, -0.2) is 11.4 Å². The van der Waals surface area contributed by atoms with E-state index in [0.29, 0.717) is 6.54 Å². The summed E-state index contributed by atoms with van der Waals surface area (Å²) < 4.78 is 0. The Balaban J connectivity index is 1.73. The largest absolute Gasteiger partial charge is 0.326 e. The Morgan fingerprint density at radius 1 is 1.32 bits per heavy atom. The number of thiophene rings is 1. The minimum atomic E-state index is 0.628. The van der Waals surface area contributed by atoms with E-state index in [0.717, 1.165) is 13.1 Å². The summed E-state index contributed by atoms with van der Waals surface area (Å²) in [5, 5.41) is 2.22. The summed E-state index contributed by atoms with van der Waals surface area (Å²) in [6.07, 6.45) is 1.20. The van der Waals surface area contributed by atoms with Gasteiger partial charge in [-0.2, -0.15) is 0 Å². The molecule has 2 heterocycles. The fourth-order valence-electron chi connectivity index (χ4n) is 2.75. The van der Waals surface area contributed by atoms with Gasteiger partial charge in [0.1, 0.15) is 0 Å². The SMILES string of the molecule is Cc1cc(CN)ccc1CN1CCc2sccc2C1.